The van der Waals surface area contributed by atoms with Gasteiger partial charge in [0.2, 0.25) is 5.91 Å². The lowest BCUT2D eigenvalue weighted by molar-refractivity contribution is -0.123. The highest BCUT2D eigenvalue weighted by atomic mass is 19.1. The summed E-state index contributed by atoms with van der Waals surface area (Å²) in [5, 5.41) is 5.84. The van der Waals surface area contributed by atoms with E-state index in [0.717, 1.165) is 48.3 Å². The molecule has 2 aromatic carbocycles. The largest absolute Gasteiger partial charge is 0.355 e. The number of hydrogen-bond acceptors (Lipinski definition) is 6. The number of pyridine rings is 1. The van der Waals surface area contributed by atoms with E-state index in [4.69, 9.17) is 9.97 Å². The third-order valence-corrected chi connectivity index (χ3v) is 10.4. The van der Waals surface area contributed by atoms with Gasteiger partial charge in [0.05, 0.1) is 28.6 Å². The summed E-state index contributed by atoms with van der Waals surface area (Å²) in [7, 11) is 1.55. The minimum atomic E-state index is -0.622. The van der Waals surface area contributed by atoms with Gasteiger partial charge in [0, 0.05) is 55.1 Å². The Morgan fingerprint density at radius 3 is 2.43 bits per heavy atom. The number of hydrogen-bond donors (Lipinski definition) is 2. The molecule has 47 heavy (non-hydrogen) atoms. The maximum absolute atomic E-state index is 15.4. The number of rotatable bonds is 7. The smallest absolute Gasteiger partial charge is 0.251 e. The van der Waals surface area contributed by atoms with E-state index >= 15 is 4.39 Å². The van der Waals surface area contributed by atoms with Crippen LogP contribution in [-0.4, -0.2) is 63.5 Å². The second-order valence-corrected chi connectivity index (χ2v) is 15.2. The fourth-order valence-electron chi connectivity index (χ4n) is 7.65. The van der Waals surface area contributed by atoms with E-state index in [-0.39, 0.29) is 29.6 Å². The first kappa shape index (κ1) is 31.3. The Balaban J connectivity index is 1.27. The SMILES string of the molecule is CNC(=O)c1cc(Nc2nc(-c3ccc4c(c3)N([C@H]3C[C@@H](N5CC(C)(C)C5)C3)C(=O)C4(C)C)cc3ncn(C(C)C)c23)c(F)cc1C. The molecule has 2 amide bonds. The average Bonchev–Trinajstić information content (AvgIpc) is 3.50. The third kappa shape index (κ3) is 5.08. The summed E-state index contributed by atoms with van der Waals surface area (Å²) in [6.07, 6.45) is 3.73. The molecular formula is C37H44FN7O2. The minimum Gasteiger partial charge on any atom is -0.355 e. The van der Waals surface area contributed by atoms with Crippen LogP contribution in [0.1, 0.15) is 81.9 Å². The lowest BCUT2D eigenvalue weighted by Gasteiger charge is -2.55. The Kier molecular flexibility index (Phi) is 7.24. The van der Waals surface area contributed by atoms with Crippen molar-refractivity contribution in [2.24, 2.45) is 5.41 Å². The topological polar surface area (TPSA) is 95.4 Å². The number of likely N-dealkylation sites (tertiary alicyclic amines) is 1. The van der Waals surface area contributed by atoms with Crippen molar-refractivity contribution in [1.82, 2.24) is 24.8 Å². The van der Waals surface area contributed by atoms with Crippen molar-refractivity contribution in [2.45, 2.75) is 84.8 Å². The lowest BCUT2D eigenvalue weighted by Crippen LogP contribution is -2.64. The number of halogens is 1. The highest BCUT2D eigenvalue weighted by Crippen LogP contribution is 2.49. The standard InChI is InChI=1S/C37H44FN7O2/c1-20(2)44-19-40-30-16-28(41-33(32(30)44)42-29-15-25(34(46)39-8)21(3)11-27(29)38)22-9-10-26-31(12-22)45(35(47)37(26,6)7)24-13-23(14-24)43-17-36(4,5)18-43/h9-12,15-16,19-20,23-24H,13-14,17-18H2,1-8H3,(H,39,46)(H,41,42)/t23-,24+. The zero-order valence-corrected chi connectivity index (χ0v) is 28.5. The van der Waals surface area contributed by atoms with Crippen molar-refractivity contribution in [2.75, 3.05) is 30.4 Å². The van der Waals surface area contributed by atoms with E-state index in [1.807, 2.05) is 35.4 Å². The Morgan fingerprint density at radius 1 is 1.04 bits per heavy atom. The van der Waals surface area contributed by atoms with Gasteiger partial charge in [-0.1, -0.05) is 26.0 Å². The molecule has 3 aliphatic rings. The van der Waals surface area contributed by atoms with Crippen molar-refractivity contribution >= 4 is 40.0 Å². The summed E-state index contributed by atoms with van der Waals surface area (Å²) in [6.45, 7) is 16.7. The number of imidazole rings is 1. The first-order chi connectivity index (χ1) is 22.2. The van der Waals surface area contributed by atoms with Gasteiger partial charge in [-0.2, -0.15) is 0 Å². The Morgan fingerprint density at radius 2 is 1.77 bits per heavy atom. The number of aryl methyl sites for hydroxylation is 1. The van der Waals surface area contributed by atoms with Crippen LogP contribution in [0.5, 0.6) is 0 Å². The van der Waals surface area contributed by atoms with Crippen LogP contribution in [0.15, 0.2) is 42.7 Å². The van der Waals surface area contributed by atoms with E-state index in [0.29, 0.717) is 39.6 Å². The van der Waals surface area contributed by atoms with Crippen LogP contribution in [0.25, 0.3) is 22.3 Å². The van der Waals surface area contributed by atoms with Crippen molar-refractivity contribution in [3.05, 3.63) is 65.2 Å². The van der Waals surface area contributed by atoms with E-state index < -0.39 is 11.2 Å². The molecule has 1 saturated carbocycles. The highest BCUT2D eigenvalue weighted by Gasteiger charge is 2.51. The molecule has 7 rings (SSSR count). The van der Waals surface area contributed by atoms with Crippen LogP contribution >= 0.6 is 0 Å². The quantitative estimate of drug-likeness (QED) is 0.234. The zero-order valence-electron chi connectivity index (χ0n) is 28.5. The molecule has 0 unspecified atom stereocenters. The molecule has 0 atom stereocenters. The van der Waals surface area contributed by atoms with Crippen molar-refractivity contribution < 1.29 is 14.0 Å². The van der Waals surface area contributed by atoms with Crippen LogP contribution in [0.3, 0.4) is 0 Å². The number of anilines is 3. The second kappa shape index (κ2) is 10.9. The molecule has 2 N–H and O–H groups in total. The van der Waals surface area contributed by atoms with Gasteiger partial charge in [0.1, 0.15) is 11.3 Å². The number of carbonyl (C=O) groups is 2. The van der Waals surface area contributed by atoms with Gasteiger partial charge in [0.15, 0.2) is 5.82 Å². The molecule has 0 spiro atoms. The average molecular weight is 638 g/mol. The Hall–Kier alpha value is -4.31. The van der Waals surface area contributed by atoms with Gasteiger partial charge in [-0.15, -0.1) is 0 Å². The van der Waals surface area contributed by atoms with Gasteiger partial charge in [-0.05, 0) is 88.3 Å². The molecule has 10 heteroatoms. The van der Waals surface area contributed by atoms with Gasteiger partial charge in [-0.25, -0.2) is 14.4 Å². The van der Waals surface area contributed by atoms with Gasteiger partial charge in [-0.3, -0.25) is 14.5 Å². The van der Waals surface area contributed by atoms with E-state index in [1.165, 1.54) is 12.1 Å². The molecule has 2 aliphatic heterocycles. The van der Waals surface area contributed by atoms with Crippen LogP contribution in [0, 0.1) is 18.2 Å². The van der Waals surface area contributed by atoms with Gasteiger partial charge in [0.25, 0.3) is 5.91 Å². The number of aromatic nitrogens is 3. The first-order valence-corrected chi connectivity index (χ1v) is 16.6. The molecule has 9 nitrogen and oxygen atoms in total. The molecule has 246 valence electrons. The van der Waals surface area contributed by atoms with Crippen molar-refractivity contribution in [3.8, 4) is 11.3 Å². The number of nitrogens with one attached hydrogen (secondary N) is 2. The Bertz CT molecular complexity index is 1930. The van der Waals surface area contributed by atoms with Crippen LogP contribution in [-0.2, 0) is 10.2 Å². The molecule has 0 bridgehead atoms. The fraction of sp³-hybridized carbons (Fsp3) is 0.459. The van der Waals surface area contributed by atoms with E-state index in [2.05, 4.69) is 55.4 Å². The van der Waals surface area contributed by atoms with E-state index in [9.17, 15) is 9.59 Å². The molecule has 4 heterocycles. The normalized spacial score (nSPS) is 21.5. The summed E-state index contributed by atoms with van der Waals surface area (Å²) < 4.78 is 17.4. The molecule has 2 aromatic heterocycles. The van der Waals surface area contributed by atoms with Crippen molar-refractivity contribution in [3.63, 3.8) is 0 Å². The predicted molar refractivity (Wildman–Crippen MR) is 184 cm³/mol. The summed E-state index contributed by atoms with van der Waals surface area (Å²) in [6, 6.07) is 11.7. The predicted octanol–water partition coefficient (Wildman–Crippen LogP) is 6.73. The number of benzene rings is 2. The molecule has 2 fully saturated rings. The summed E-state index contributed by atoms with van der Waals surface area (Å²) in [5.74, 6) is -0.209. The van der Waals surface area contributed by atoms with Gasteiger partial charge < -0.3 is 20.1 Å². The molecule has 1 aliphatic carbocycles. The summed E-state index contributed by atoms with van der Waals surface area (Å²) in [4.78, 5) is 40.8. The Labute approximate surface area is 275 Å². The third-order valence-electron chi connectivity index (χ3n) is 10.4. The van der Waals surface area contributed by atoms with Gasteiger partial charge >= 0.3 is 0 Å². The molecule has 1 saturated heterocycles. The maximum atomic E-state index is 15.4. The molecule has 4 aromatic rings. The van der Waals surface area contributed by atoms with Crippen LogP contribution in [0.2, 0.25) is 0 Å². The van der Waals surface area contributed by atoms with E-state index in [1.54, 1.807) is 20.3 Å². The number of fused-ring (bicyclic) bond motifs is 2. The fourth-order valence-corrected chi connectivity index (χ4v) is 7.65. The first-order valence-electron chi connectivity index (χ1n) is 16.6. The van der Waals surface area contributed by atoms with Crippen LogP contribution in [0.4, 0.5) is 21.6 Å². The highest BCUT2D eigenvalue weighted by molar-refractivity contribution is 6.09. The lowest BCUT2D eigenvalue weighted by atomic mass is 9.76. The number of carbonyl (C=O) groups excluding carboxylic acids is 2. The molecule has 0 radical (unpaired) electrons. The monoisotopic (exact) mass is 637 g/mol. The molecular weight excluding hydrogens is 593 g/mol. The zero-order chi connectivity index (χ0) is 33.6. The minimum absolute atomic E-state index is 0.0768. The number of amides is 2. The van der Waals surface area contributed by atoms with Crippen LogP contribution < -0.4 is 15.5 Å². The summed E-state index contributed by atoms with van der Waals surface area (Å²) in [5.41, 5.74) is 5.72. The number of nitrogens with zero attached hydrogens (tertiary/aromatic N) is 5. The second-order valence-electron chi connectivity index (χ2n) is 15.2. The van der Waals surface area contributed by atoms with Crippen molar-refractivity contribution in [1.29, 1.82) is 0 Å². The maximum Gasteiger partial charge on any atom is 0.251 e. The summed E-state index contributed by atoms with van der Waals surface area (Å²) >= 11 is 0.